The molecule has 1 aromatic carbocycles. The van der Waals surface area contributed by atoms with Crippen molar-refractivity contribution >= 4 is 11.9 Å². The van der Waals surface area contributed by atoms with Gasteiger partial charge >= 0.3 is 5.97 Å². The summed E-state index contributed by atoms with van der Waals surface area (Å²) in [5, 5.41) is 0. The number of alkyl halides is 1. The molecular formula is C14H16FNO4. The van der Waals surface area contributed by atoms with Crippen LogP contribution in [0.2, 0.25) is 0 Å². The molecule has 1 aromatic rings. The highest BCUT2D eigenvalue weighted by Crippen LogP contribution is 2.25. The average molecular weight is 281 g/mol. The van der Waals surface area contributed by atoms with E-state index >= 15 is 0 Å². The molecule has 1 saturated heterocycles. The lowest BCUT2D eigenvalue weighted by atomic mass is 10.1. The number of carbonyl (C=O) groups is 2. The maximum absolute atomic E-state index is 13.5. The number of amides is 1. The van der Waals surface area contributed by atoms with Crippen LogP contribution in [0, 0.1) is 0 Å². The summed E-state index contributed by atoms with van der Waals surface area (Å²) in [6, 6.07) is 6.17. The predicted molar refractivity (Wildman–Crippen MR) is 68.9 cm³/mol. The van der Waals surface area contributed by atoms with Gasteiger partial charge in [-0.1, -0.05) is 12.1 Å². The minimum atomic E-state index is -1.64. The third-order valence-corrected chi connectivity index (χ3v) is 3.34. The number of methoxy groups -OCH3 is 2. The van der Waals surface area contributed by atoms with E-state index in [-0.39, 0.29) is 13.0 Å². The van der Waals surface area contributed by atoms with Gasteiger partial charge in [0.2, 0.25) is 0 Å². The Morgan fingerprint density at radius 3 is 2.55 bits per heavy atom. The molecule has 5 nitrogen and oxygen atoms in total. The van der Waals surface area contributed by atoms with Crippen LogP contribution in [0.15, 0.2) is 24.3 Å². The molecule has 1 fully saturated rings. The van der Waals surface area contributed by atoms with Crippen LogP contribution in [0.4, 0.5) is 4.39 Å². The maximum Gasteiger partial charge on any atom is 0.328 e. The van der Waals surface area contributed by atoms with Gasteiger partial charge in [0.1, 0.15) is 11.8 Å². The van der Waals surface area contributed by atoms with Crippen molar-refractivity contribution in [2.75, 3.05) is 14.2 Å². The Morgan fingerprint density at radius 1 is 1.35 bits per heavy atom. The highest BCUT2D eigenvalue weighted by Gasteiger charge is 2.44. The van der Waals surface area contributed by atoms with Gasteiger partial charge in [-0.05, 0) is 17.7 Å². The van der Waals surface area contributed by atoms with Gasteiger partial charge in [0.05, 0.1) is 14.2 Å². The summed E-state index contributed by atoms with van der Waals surface area (Å²) in [6.07, 6.45) is -1.79. The molecule has 0 radical (unpaired) electrons. The van der Waals surface area contributed by atoms with E-state index in [0.717, 1.165) is 5.56 Å². The van der Waals surface area contributed by atoms with Crippen LogP contribution in [-0.2, 0) is 20.9 Å². The van der Waals surface area contributed by atoms with Crippen LogP contribution in [0.3, 0.4) is 0 Å². The van der Waals surface area contributed by atoms with E-state index in [0.29, 0.717) is 5.75 Å². The summed E-state index contributed by atoms with van der Waals surface area (Å²) in [5.74, 6) is -0.572. The van der Waals surface area contributed by atoms with Crippen LogP contribution in [0.5, 0.6) is 5.75 Å². The first-order valence-corrected chi connectivity index (χ1v) is 6.22. The summed E-state index contributed by atoms with van der Waals surface area (Å²) in [6.45, 7) is 0.170. The molecular weight excluding hydrogens is 265 g/mol. The van der Waals surface area contributed by atoms with Crippen molar-refractivity contribution in [3.63, 3.8) is 0 Å². The number of benzene rings is 1. The maximum atomic E-state index is 13.5. The first kappa shape index (κ1) is 14.3. The van der Waals surface area contributed by atoms with Crippen molar-refractivity contribution in [2.24, 2.45) is 0 Å². The minimum absolute atomic E-state index is 0.151. The van der Waals surface area contributed by atoms with Crippen molar-refractivity contribution in [3.8, 4) is 5.75 Å². The van der Waals surface area contributed by atoms with E-state index in [4.69, 9.17) is 4.74 Å². The average Bonchev–Trinajstić information content (AvgIpc) is 2.75. The molecule has 0 saturated carbocycles. The number of halogens is 1. The fourth-order valence-electron chi connectivity index (χ4n) is 2.23. The van der Waals surface area contributed by atoms with E-state index in [1.807, 2.05) is 0 Å². The number of nitrogens with zero attached hydrogens (tertiary/aromatic N) is 1. The Hall–Kier alpha value is -2.11. The van der Waals surface area contributed by atoms with E-state index in [2.05, 4.69) is 4.74 Å². The van der Waals surface area contributed by atoms with Crippen LogP contribution in [0.1, 0.15) is 12.0 Å². The topological polar surface area (TPSA) is 55.8 Å². The highest BCUT2D eigenvalue weighted by atomic mass is 19.1. The van der Waals surface area contributed by atoms with Gasteiger partial charge < -0.3 is 14.4 Å². The van der Waals surface area contributed by atoms with Gasteiger partial charge in [0.15, 0.2) is 6.17 Å². The van der Waals surface area contributed by atoms with Gasteiger partial charge in [-0.25, -0.2) is 9.18 Å². The van der Waals surface area contributed by atoms with Gasteiger partial charge in [0.25, 0.3) is 5.91 Å². The first-order chi connectivity index (χ1) is 9.56. The monoisotopic (exact) mass is 281 g/mol. The van der Waals surface area contributed by atoms with E-state index < -0.39 is 24.1 Å². The molecule has 1 aliphatic rings. The highest BCUT2D eigenvalue weighted by molar-refractivity contribution is 5.91. The Balaban J connectivity index is 2.15. The lowest BCUT2D eigenvalue weighted by molar-refractivity contribution is -0.149. The minimum Gasteiger partial charge on any atom is -0.497 e. The molecule has 2 rings (SSSR count). The molecule has 0 unspecified atom stereocenters. The first-order valence-electron chi connectivity index (χ1n) is 6.22. The summed E-state index contributed by atoms with van der Waals surface area (Å²) >= 11 is 0. The van der Waals surface area contributed by atoms with Crippen molar-refractivity contribution < 1.29 is 23.5 Å². The fraction of sp³-hybridized carbons (Fsp3) is 0.429. The number of hydrogen-bond acceptors (Lipinski definition) is 4. The molecule has 2 atom stereocenters. The number of rotatable bonds is 4. The number of ether oxygens (including phenoxy) is 2. The second-order valence-corrected chi connectivity index (χ2v) is 4.56. The molecule has 0 aromatic heterocycles. The molecule has 1 aliphatic heterocycles. The molecule has 0 aliphatic carbocycles. The molecule has 1 heterocycles. The normalized spacial score (nSPS) is 21.9. The molecule has 1 amide bonds. The van der Waals surface area contributed by atoms with Crippen molar-refractivity contribution in [1.82, 2.24) is 4.90 Å². The summed E-state index contributed by atoms with van der Waals surface area (Å²) in [4.78, 5) is 24.6. The van der Waals surface area contributed by atoms with E-state index in [9.17, 15) is 14.0 Å². The zero-order chi connectivity index (χ0) is 14.7. The molecule has 0 N–H and O–H groups in total. The molecule has 0 bridgehead atoms. The van der Waals surface area contributed by atoms with Gasteiger partial charge in [0, 0.05) is 13.0 Å². The number of esters is 1. The second-order valence-electron chi connectivity index (χ2n) is 4.56. The Morgan fingerprint density at radius 2 is 2.00 bits per heavy atom. The van der Waals surface area contributed by atoms with Crippen molar-refractivity contribution in [3.05, 3.63) is 29.8 Å². The van der Waals surface area contributed by atoms with Gasteiger partial charge in [-0.15, -0.1) is 0 Å². The standard InChI is InChI=1S/C14H16FNO4/c1-19-10-5-3-9(4-6-10)8-16-12(14(18)20-2)7-11(15)13(16)17/h3-6,11-12H,7-8H2,1-2H3/t11-,12+/m1/s1. The van der Waals surface area contributed by atoms with Gasteiger partial charge in [-0.3, -0.25) is 4.79 Å². The quantitative estimate of drug-likeness (QED) is 0.781. The zero-order valence-corrected chi connectivity index (χ0v) is 11.3. The molecule has 108 valence electrons. The smallest absolute Gasteiger partial charge is 0.328 e. The van der Waals surface area contributed by atoms with Gasteiger partial charge in [-0.2, -0.15) is 0 Å². The number of likely N-dealkylation sites (tertiary alicyclic amines) is 1. The summed E-state index contributed by atoms with van der Waals surface area (Å²) in [7, 11) is 2.78. The molecule has 0 spiro atoms. The molecule has 20 heavy (non-hydrogen) atoms. The SMILES string of the molecule is COC(=O)[C@@H]1C[C@@H](F)C(=O)N1Cc1ccc(OC)cc1. The number of hydrogen-bond donors (Lipinski definition) is 0. The Kier molecular flexibility index (Phi) is 4.22. The van der Waals surface area contributed by atoms with Crippen LogP contribution in [-0.4, -0.2) is 43.2 Å². The summed E-state index contributed by atoms with van der Waals surface area (Å²) < 4.78 is 23.2. The Bertz CT molecular complexity index is 502. The van der Waals surface area contributed by atoms with Crippen LogP contribution in [0.25, 0.3) is 0 Å². The van der Waals surface area contributed by atoms with E-state index in [1.54, 1.807) is 31.4 Å². The fourth-order valence-corrected chi connectivity index (χ4v) is 2.23. The summed E-state index contributed by atoms with van der Waals surface area (Å²) in [5.41, 5.74) is 0.794. The zero-order valence-electron chi connectivity index (χ0n) is 11.3. The largest absolute Gasteiger partial charge is 0.497 e. The third-order valence-electron chi connectivity index (χ3n) is 3.34. The number of carbonyl (C=O) groups excluding carboxylic acids is 2. The Labute approximate surface area is 116 Å². The van der Waals surface area contributed by atoms with Crippen molar-refractivity contribution in [2.45, 2.75) is 25.2 Å². The lowest BCUT2D eigenvalue weighted by Gasteiger charge is -2.22. The predicted octanol–water partition coefficient (Wildman–Crippen LogP) is 1.31. The third kappa shape index (κ3) is 2.74. The van der Waals surface area contributed by atoms with Crippen LogP contribution < -0.4 is 4.74 Å². The van der Waals surface area contributed by atoms with Crippen molar-refractivity contribution in [1.29, 1.82) is 0 Å². The van der Waals surface area contributed by atoms with Crippen LogP contribution >= 0.6 is 0 Å². The molecule has 6 heteroatoms. The second kappa shape index (κ2) is 5.90. The van der Waals surface area contributed by atoms with E-state index in [1.165, 1.54) is 12.0 Å². The lowest BCUT2D eigenvalue weighted by Crippen LogP contribution is -2.39.